The molecule has 1 heterocycles. The Hall–Kier alpha value is -3.73. The first kappa shape index (κ1) is 23.9. The van der Waals surface area contributed by atoms with Crippen molar-refractivity contribution in [2.45, 2.75) is 25.7 Å². The highest BCUT2D eigenvalue weighted by atomic mass is 16.5. The highest BCUT2D eigenvalue weighted by Gasteiger charge is 2.25. The molecule has 33 heavy (non-hydrogen) atoms. The molecule has 2 aromatic rings. The molecule has 0 aliphatic carbocycles. The molecular formula is C28H34N4O. The predicted octanol–water partition coefficient (Wildman–Crippen LogP) is 6.05. The molecule has 3 N–H and O–H groups in total. The van der Waals surface area contributed by atoms with Gasteiger partial charge in [-0.1, -0.05) is 31.9 Å². The number of aryl methyl sites for hydroxylation is 1. The second kappa shape index (κ2) is 11.8. The molecule has 0 amide bonds. The number of anilines is 2. The predicted molar refractivity (Wildman–Crippen MR) is 140 cm³/mol. The second-order valence-corrected chi connectivity index (χ2v) is 7.95. The number of benzene rings is 2. The Kier molecular flexibility index (Phi) is 8.53. The first-order valence-electron chi connectivity index (χ1n) is 11.3. The zero-order valence-corrected chi connectivity index (χ0v) is 19.5. The van der Waals surface area contributed by atoms with Gasteiger partial charge < -0.3 is 25.7 Å². The average molecular weight is 443 g/mol. The Balaban J connectivity index is 1.76. The molecule has 1 aliphatic rings. The second-order valence-electron chi connectivity index (χ2n) is 7.95. The highest BCUT2D eigenvalue weighted by molar-refractivity contribution is 6.07. The van der Waals surface area contributed by atoms with Crippen molar-refractivity contribution in [3.63, 3.8) is 0 Å². The van der Waals surface area contributed by atoms with E-state index < -0.39 is 0 Å². The van der Waals surface area contributed by atoms with Crippen LogP contribution in [-0.2, 0) is 6.42 Å². The van der Waals surface area contributed by atoms with Gasteiger partial charge in [0.2, 0.25) is 0 Å². The van der Waals surface area contributed by atoms with Gasteiger partial charge in [-0.05, 0) is 79.9 Å². The van der Waals surface area contributed by atoms with Crippen molar-refractivity contribution >= 4 is 17.1 Å². The molecule has 0 saturated carbocycles. The van der Waals surface area contributed by atoms with Gasteiger partial charge >= 0.3 is 0 Å². The maximum absolute atomic E-state index is 8.38. The van der Waals surface area contributed by atoms with Gasteiger partial charge in [0.05, 0.1) is 24.2 Å². The zero-order chi connectivity index (χ0) is 23.6. The Bertz CT molecular complexity index is 1020. The van der Waals surface area contributed by atoms with Crippen LogP contribution in [0.3, 0.4) is 0 Å². The number of nitrogens with zero attached hydrogens (tertiary/aromatic N) is 1. The van der Waals surface area contributed by atoms with Crippen LogP contribution in [0.4, 0.5) is 11.4 Å². The van der Waals surface area contributed by atoms with Crippen LogP contribution in [0.15, 0.2) is 97.5 Å². The lowest BCUT2D eigenvalue weighted by molar-refractivity contribution is 0.415. The van der Waals surface area contributed by atoms with E-state index in [1.807, 2.05) is 24.3 Å². The highest BCUT2D eigenvalue weighted by Crippen LogP contribution is 2.33. The third kappa shape index (κ3) is 6.16. The summed E-state index contributed by atoms with van der Waals surface area (Å²) in [6.45, 7) is 13.6. The molecule has 0 radical (unpaired) electrons. The number of nitrogens with one attached hydrogen (secondary N) is 3. The van der Waals surface area contributed by atoms with Crippen LogP contribution in [0.5, 0.6) is 5.75 Å². The van der Waals surface area contributed by atoms with Crippen molar-refractivity contribution in [2.75, 3.05) is 30.4 Å². The number of ether oxygens (including phenoxy) is 1. The van der Waals surface area contributed by atoms with E-state index in [1.54, 1.807) is 19.4 Å². The van der Waals surface area contributed by atoms with Gasteiger partial charge in [0.1, 0.15) is 5.75 Å². The van der Waals surface area contributed by atoms with E-state index in [-0.39, 0.29) is 0 Å². The third-order valence-electron chi connectivity index (χ3n) is 5.82. The minimum atomic E-state index is 0.424. The Morgan fingerprint density at radius 2 is 1.82 bits per heavy atom. The number of hydrogen-bond donors (Lipinski definition) is 3. The molecule has 5 nitrogen and oxygen atoms in total. The lowest BCUT2D eigenvalue weighted by Gasteiger charge is -2.35. The molecular weight excluding hydrogens is 408 g/mol. The third-order valence-corrected chi connectivity index (χ3v) is 5.82. The van der Waals surface area contributed by atoms with E-state index in [9.17, 15) is 0 Å². The number of hydrogen-bond acceptors (Lipinski definition) is 5. The lowest BCUT2D eigenvalue weighted by atomic mass is 9.97. The van der Waals surface area contributed by atoms with E-state index in [0.29, 0.717) is 5.71 Å². The molecule has 0 fully saturated rings. The molecule has 0 unspecified atom stereocenters. The Labute approximate surface area is 197 Å². The quantitative estimate of drug-likeness (QED) is 0.277. The van der Waals surface area contributed by atoms with Crippen LogP contribution in [-0.4, -0.2) is 25.9 Å². The summed E-state index contributed by atoms with van der Waals surface area (Å²) < 4.78 is 5.26. The normalized spacial score (nSPS) is 13.5. The summed E-state index contributed by atoms with van der Waals surface area (Å²) in [5.41, 5.74) is 6.41. The van der Waals surface area contributed by atoms with E-state index in [2.05, 4.69) is 59.5 Å². The fourth-order valence-corrected chi connectivity index (χ4v) is 3.94. The monoisotopic (exact) mass is 442 g/mol. The molecule has 1 aliphatic heterocycles. The van der Waals surface area contributed by atoms with Crippen molar-refractivity contribution in [2.24, 2.45) is 0 Å². The zero-order valence-electron chi connectivity index (χ0n) is 19.5. The average Bonchev–Trinajstić information content (AvgIpc) is 2.85. The van der Waals surface area contributed by atoms with E-state index in [4.69, 9.17) is 10.1 Å². The van der Waals surface area contributed by atoms with E-state index >= 15 is 0 Å². The van der Waals surface area contributed by atoms with Crippen molar-refractivity contribution in [1.82, 2.24) is 5.32 Å². The number of rotatable bonds is 12. The van der Waals surface area contributed by atoms with Crippen molar-refractivity contribution in [1.29, 1.82) is 5.41 Å². The first-order valence-corrected chi connectivity index (χ1v) is 11.3. The number of unbranched alkanes of at least 4 members (excludes halogenated alkanes) is 1. The topological polar surface area (TPSA) is 60.4 Å². The smallest absolute Gasteiger partial charge is 0.119 e. The maximum Gasteiger partial charge on any atom is 0.119 e. The molecule has 0 atom stereocenters. The van der Waals surface area contributed by atoms with Gasteiger partial charge in [-0.2, -0.15) is 0 Å². The number of methoxy groups -OCH3 is 1. The van der Waals surface area contributed by atoms with Crippen LogP contribution in [0.1, 0.15) is 24.8 Å². The minimum Gasteiger partial charge on any atom is -0.497 e. The van der Waals surface area contributed by atoms with Crippen LogP contribution >= 0.6 is 0 Å². The summed E-state index contributed by atoms with van der Waals surface area (Å²) in [5, 5.41) is 15.0. The summed E-state index contributed by atoms with van der Waals surface area (Å²) in [7, 11) is 1.65. The van der Waals surface area contributed by atoms with Crippen LogP contribution < -0.4 is 20.3 Å². The minimum absolute atomic E-state index is 0.424. The Morgan fingerprint density at radius 1 is 1.09 bits per heavy atom. The first-order chi connectivity index (χ1) is 16.1. The fraction of sp³-hybridized carbons (Fsp3) is 0.250. The van der Waals surface area contributed by atoms with Gasteiger partial charge in [-0.3, -0.25) is 0 Å². The van der Waals surface area contributed by atoms with Crippen molar-refractivity contribution < 1.29 is 4.74 Å². The van der Waals surface area contributed by atoms with Crippen molar-refractivity contribution in [3.8, 4) is 5.75 Å². The summed E-state index contributed by atoms with van der Waals surface area (Å²) >= 11 is 0. The molecule has 3 rings (SSSR count). The lowest BCUT2D eigenvalue weighted by Crippen LogP contribution is -2.33. The summed E-state index contributed by atoms with van der Waals surface area (Å²) in [6.07, 6.45) is 7.40. The van der Waals surface area contributed by atoms with E-state index in [1.165, 1.54) is 5.56 Å². The van der Waals surface area contributed by atoms with Crippen LogP contribution in [0.25, 0.3) is 0 Å². The van der Waals surface area contributed by atoms with Gasteiger partial charge in [0.25, 0.3) is 0 Å². The standard InChI is InChI=1S/C28H34N4O/c1-5-27(29)26-18-20-32(21(3)28(26)31-23-12-16-25(33-4)17-13-23)24-14-10-22(11-15-24)9-7-8-19-30-6-2/h5-6,10-17,29-31H,1-3,7-9,18-20H2,4H3. The van der Waals surface area contributed by atoms with Gasteiger partial charge in [-0.15, -0.1) is 0 Å². The van der Waals surface area contributed by atoms with Gasteiger partial charge in [0, 0.05) is 30.0 Å². The molecule has 172 valence electrons. The largest absolute Gasteiger partial charge is 0.497 e. The molecule has 5 heteroatoms. The molecule has 0 bridgehead atoms. The van der Waals surface area contributed by atoms with E-state index in [0.717, 1.165) is 72.9 Å². The number of allylic oxidation sites excluding steroid dienone is 1. The van der Waals surface area contributed by atoms with Crippen LogP contribution in [0.2, 0.25) is 0 Å². The van der Waals surface area contributed by atoms with Crippen molar-refractivity contribution in [3.05, 3.63) is 103 Å². The fourth-order valence-electron chi connectivity index (χ4n) is 3.94. The summed E-state index contributed by atoms with van der Waals surface area (Å²) in [4.78, 5) is 2.21. The van der Waals surface area contributed by atoms with Gasteiger partial charge in [-0.25, -0.2) is 0 Å². The summed E-state index contributed by atoms with van der Waals surface area (Å²) in [6, 6.07) is 16.5. The molecule has 2 aromatic carbocycles. The van der Waals surface area contributed by atoms with Gasteiger partial charge in [0.15, 0.2) is 0 Å². The van der Waals surface area contributed by atoms with Crippen LogP contribution in [0, 0.1) is 5.41 Å². The molecule has 0 aromatic heterocycles. The Morgan fingerprint density at radius 3 is 2.45 bits per heavy atom. The maximum atomic E-state index is 8.38. The molecule has 0 spiro atoms. The summed E-state index contributed by atoms with van der Waals surface area (Å²) in [5.74, 6) is 0.801. The SMILES string of the molecule is C=CNCCCCc1ccc(N2CCC(C(=N)C=C)=C(Nc3ccc(OC)cc3)C2=C)cc1. The molecule has 0 saturated heterocycles.